The van der Waals surface area contributed by atoms with Gasteiger partial charge in [-0.2, -0.15) is 0 Å². The molecule has 7 nitrogen and oxygen atoms in total. The molecule has 0 unspecified atom stereocenters. The molecular weight excluding hydrogens is 250 g/mol. The van der Waals surface area contributed by atoms with E-state index in [9.17, 15) is 9.59 Å². The molecule has 1 N–H and O–H groups in total. The zero-order valence-electron chi connectivity index (χ0n) is 10.1. The molecule has 98 valence electrons. The molecule has 1 aromatic carbocycles. The van der Waals surface area contributed by atoms with Crippen molar-refractivity contribution in [3.63, 3.8) is 0 Å². The van der Waals surface area contributed by atoms with Crippen LogP contribution in [0.2, 0.25) is 0 Å². The van der Waals surface area contributed by atoms with Gasteiger partial charge >= 0.3 is 5.97 Å². The maximum absolute atomic E-state index is 11.6. The topological polar surface area (TPSA) is 94.3 Å². The largest absolute Gasteiger partial charge is 0.462 e. The number of aromatic nitrogens is 2. The zero-order chi connectivity index (χ0) is 13.7. The maximum Gasteiger partial charge on any atom is 0.338 e. The molecule has 0 aliphatic rings. The van der Waals surface area contributed by atoms with Crippen molar-refractivity contribution < 1.29 is 19.0 Å². The summed E-state index contributed by atoms with van der Waals surface area (Å²) in [5.41, 5.74) is 1.03. The Bertz CT molecular complexity index is 563. The Balaban J connectivity index is 2.03. The number of anilines is 1. The standard InChI is InChI=1S/C12H11N3O4/c1-2-18-12(17)8-3-5-9(6-4-8)14-11(16)10-7-13-19-15-10/h3-7H,2H2,1H3,(H,14,16). The smallest absolute Gasteiger partial charge is 0.338 e. The molecule has 0 fully saturated rings. The van der Waals surface area contributed by atoms with Crippen LogP contribution in [0, 0.1) is 0 Å². The van der Waals surface area contributed by atoms with E-state index in [1.807, 2.05) is 0 Å². The number of carbonyl (C=O) groups excluding carboxylic acids is 2. The number of ether oxygens (including phenoxy) is 1. The summed E-state index contributed by atoms with van der Waals surface area (Å²) >= 11 is 0. The molecule has 1 aromatic heterocycles. The van der Waals surface area contributed by atoms with Crippen LogP contribution in [0.1, 0.15) is 27.8 Å². The third-order valence-corrected chi connectivity index (χ3v) is 2.25. The van der Waals surface area contributed by atoms with E-state index in [1.54, 1.807) is 31.2 Å². The van der Waals surface area contributed by atoms with E-state index in [4.69, 9.17) is 4.74 Å². The molecule has 0 atom stereocenters. The van der Waals surface area contributed by atoms with Gasteiger partial charge in [0.25, 0.3) is 5.91 Å². The second-order valence-electron chi connectivity index (χ2n) is 3.54. The fourth-order valence-corrected chi connectivity index (χ4v) is 1.36. The van der Waals surface area contributed by atoms with Crippen molar-refractivity contribution in [2.75, 3.05) is 11.9 Å². The first-order valence-electron chi connectivity index (χ1n) is 5.57. The maximum atomic E-state index is 11.6. The SMILES string of the molecule is CCOC(=O)c1ccc(NC(=O)c2cnon2)cc1. The van der Waals surface area contributed by atoms with Crippen molar-refractivity contribution in [2.24, 2.45) is 0 Å². The second kappa shape index (κ2) is 5.76. The molecule has 0 aliphatic carbocycles. The van der Waals surface area contributed by atoms with Crippen molar-refractivity contribution in [1.82, 2.24) is 10.3 Å². The van der Waals surface area contributed by atoms with Crippen LogP contribution in [-0.4, -0.2) is 28.8 Å². The molecule has 0 spiro atoms. The summed E-state index contributed by atoms with van der Waals surface area (Å²) in [5.74, 6) is -0.841. The van der Waals surface area contributed by atoms with Crippen LogP contribution in [0.25, 0.3) is 0 Å². The lowest BCUT2D eigenvalue weighted by Gasteiger charge is -2.04. The number of esters is 1. The summed E-state index contributed by atoms with van der Waals surface area (Å²) in [6.45, 7) is 2.05. The minimum absolute atomic E-state index is 0.0782. The molecule has 0 bridgehead atoms. The summed E-state index contributed by atoms with van der Waals surface area (Å²) in [4.78, 5) is 23.1. The third kappa shape index (κ3) is 3.15. The molecule has 0 aliphatic heterocycles. The number of rotatable bonds is 4. The molecule has 1 heterocycles. The van der Waals surface area contributed by atoms with Crippen molar-refractivity contribution in [3.05, 3.63) is 41.7 Å². The van der Waals surface area contributed by atoms with E-state index in [1.165, 1.54) is 6.20 Å². The number of amides is 1. The fraction of sp³-hybridized carbons (Fsp3) is 0.167. The molecule has 1 amide bonds. The highest BCUT2D eigenvalue weighted by Crippen LogP contribution is 2.11. The molecule has 2 aromatic rings. The highest BCUT2D eigenvalue weighted by molar-refractivity contribution is 6.02. The molecular formula is C12H11N3O4. The van der Waals surface area contributed by atoms with Crippen molar-refractivity contribution in [3.8, 4) is 0 Å². The average Bonchev–Trinajstić information content (AvgIpc) is 2.94. The molecule has 7 heteroatoms. The number of benzene rings is 1. The first-order valence-corrected chi connectivity index (χ1v) is 5.57. The summed E-state index contributed by atoms with van der Waals surface area (Å²) in [7, 11) is 0. The summed E-state index contributed by atoms with van der Waals surface area (Å²) < 4.78 is 9.18. The predicted molar refractivity (Wildman–Crippen MR) is 64.6 cm³/mol. The van der Waals surface area contributed by atoms with Crippen molar-refractivity contribution in [1.29, 1.82) is 0 Å². The van der Waals surface area contributed by atoms with Gasteiger partial charge in [-0.25, -0.2) is 9.42 Å². The minimum atomic E-state index is -0.440. The zero-order valence-corrected chi connectivity index (χ0v) is 10.1. The summed E-state index contributed by atoms with van der Waals surface area (Å²) in [6.07, 6.45) is 1.21. The van der Waals surface area contributed by atoms with Crippen molar-refractivity contribution in [2.45, 2.75) is 6.92 Å². The Morgan fingerprint density at radius 3 is 2.63 bits per heavy atom. The molecule has 19 heavy (non-hydrogen) atoms. The second-order valence-corrected chi connectivity index (χ2v) is 3.54. The van der Waals surface area contributed by atoms with Gasteiger partial charge in [-0.05, 0) is 36.3 Å². The third-order valence-electron chi connectivity index (χ3n) is 2.25. The lowest BCUT2D eigenvalue weighted by molar-refractivity contribution is 0.0526. The van der Waals surface area contributed by atoms with Crippen LogP contribution in [0.5, 0.6) is 0 Å². The van der Waals surface area contributed by atoms with E-state index >= 15 is 0 Å². The van der Waals surface area contributed by atoms with Crippen LogP contribution < -0.4 is 5.32 Å². The van der Waals surface area contributed by atoms with Gasteiger partial charge in [-0.1, -0.05) is 5.16 Å². The number of nitrogens with one attached hydrogen (secondary N) is 1. The lowest BCUT2D eigenvalue weighted by Crippen LogP contribution is -2.12. The molecule has 0 radical (unpaired) electrons. The Morgan fingerprint density at radius 1 is 1.32 bits per heavy atom. The van der Waals surface area contributed by atoms with E-state index in [-0.39, 0.29) is 5.69 Å². The average molecular weight is 261 g/mol. The highest BCUT2D eigenvalue weighted by atomic mass is 16.6. The van der Waals surface area contributed by atoms with Gasteiger partial charge < -0.3 is 10.1 Å². The van der Waals surface area contributed by atoms with Crippen LogP contribution in [0.4, 0.5) is 5.69 Å². The van der Waals surface area contributed by atoms with E-state index in [0.29, 0.717) is 17.9 Å². The van der Waals surface area contributed by atoms with Crippen LogP contribution in [0.3, 0.4) is 0 Å². The molecule has 0 saturated heterocycles. The van der Waals surface area contributed by atoms with Crippen LogP contribution in [-0.2, 0) is 4.74 Å². The van der Waals surface area contributed by atoms with Gasteiger partial charge in [0, 0.05) is 5.69 Å². The summed E-state index contributed by atoms with van der Waals surface area (Å²) in [5, 5.41) is 9.33. The van der Waals surface area contributed by atoms with Crippen molar-refractivity contribution >= 4 is 17.6 Å². The Kier molecular flexibility index (Phi) is 3.87. The van der Waals surface area contributed by atoms with Gasteiger partial charge in [0.2, 0.25) is 0 Å². The lowest BCUT2D eigenvalue weighted by atomic mass is 10.2. The quantitative estimate of drug-likeness (QED) is 0.838. The van der Waals surface area contributed by atoms with Crippen LogP contribution >= 0.6 is 0 Å². The Labute approximate surface area is 108 Å². The van der Waals surface area contributed by atoms with E-state index < -0.39 is 11.9 Å². The Hall–Kier alpha value is -2.70. The van der Waals surface area contributed by atoms with E-state index in [0.717, 1.165) is 0 Å². The van der Waals surface area contributed by atoms with Crippen LogP contribution in [0.15, 0.2) is 35.1 Å². The fourth-order valence-electron chi connectivity index (χ4n) is 1.36. The highest BCUT2D eigenvalue weighted by Gasteiger charge is 2.11. The van der Waals surface area contributed by atoms with Gasteiger partial charge in [0.05, 0.1) is 12.2 Å². The Morgan fingerprint density at radius 2 is 2.05 bits per heavy atom. The first kappa shape index (κ1) is 12.7. The number of hydrogen-bond acceptors (Lipinski definition) is 6. The van der Waals surface area contributed by atoms with Gasteiger partial charge in [0.15, 0.2) is 5.69 Å². The van der Waals surface area contributed by atoms with Gasteiger partial charge in [-0.3, -0.25) is 4.79 Å². The van der Waals surface area contributed by atoms with Gasteiger partial charge in [0.1, 0.15) is 6.20 Å². The monoisotopic (exact) mass is 261 g/mol. The minimum Gasteiger partial charge on any atom is -0.462 e. The predicted octanol–water partition coefficient (Wildman–Crippen LogP) is 1.50. The molecule has 2 rings (SSSR count). The van der Waals surface area contributed by atoms with Gasteiger partial charge in [-0.15, -0.1) is 0 Å². The number of nitrogens with zero attached hydrogens (tertiary/aromatic N) is 2. The first-order chi connectivity index (χ1) is 9.20. The number of carbonyl (C=O) groups is 2. The number of hydrogen-bond donors (Lipinski definition) is 1. The summed E-state index contributed by atoms with van der Waals surface area (Å²) in [6, 6.07) is 6.32. The molecule has 0 saturated carbocycles. The normalized spacial score (nSPS) is 9.95. The van der Waals surface area contributed by atoms with E-state index in [2.05, 4.69) is 20.3 Å².